The first-order valence-electron chi connectivity index (χ1n) is 13.2. The monoisotopic (exact) mass is 522 g/mol. The molecular weight excluding hydrogens is 480 g/mol. The van der Waals surface area contributed by atoms with Crippen molar-refractivity contribution in [1.29, 1.82) is 0 Å². The molecule has 0 aliphatic heterocycles. The maximum atomic E-state index is 12.0. The van der Waals surface area contributed by atoms with Crippen molar-refractivity contribution in [3.05, 3.63) is 58.1 Å². The topological polar surface area (TPSA) is 55.8 Å². The molecule has 0 atom stereocenters. The van der Waals surface area contributed by atoms with Crippen molar-refractivity contribution in [2.75, 3.05) is 14.2 Å². The highest BCUT2D eigenvalue weighted by Crippen LogP contribution is 2.49. The van der Waals surface area contributed by atoms with Crippen LogP contribution in [0.5, 0.6) is 11.5 Å². The van der Waals surface area contributed by atoms with Crippen molar-refractivity contribution in [2.24, 2.45) is 0 Å². The van der Waals surface area contributed by atoms with Crippen molar-refractivity contribution in [3.63, 3.8) is 0 Å². The minimum atomic E-state index is -0.820. The molecule has 0 aliphatic carbocycles. The summed E-state index contributed by atoms with van der Waals surface area (Å²) in [6.45, 7) is 17.5. The predicted octanol–water partition coefficient (Wildman–Crippen LogP) is 9.22. The van der Waals surface area contributed by atoms with E-state index in [4.69, 9.17) is 9.47 Å². The zero-order valence-electron chi connectivity index (χ0n) is 24.0. The van der Waals surface area contributed by atoms with Gasteiger partial charge in [0, 0.05) is 9.75 Å². The SMILES string of the molecule is COc1cc(C(C)C)c(-c2cc(CC(=O)O)c(-c3c(C(C)C)cc(OC)cc3C(C)C)s2)c(C(C)C)c1. The van der Waals surface area contributed by atoms with E-state index in [0.717, 1.165) is 32.4 Å². The summed E-state index contributed by atoms with van der Waals surface area (Å²) in [7, 11) is 3.41. The number of rotatable bonds is 10. The number of aliphatic carboxylic acids is 1. The number of carboxylic acids is 1. The number of carboxylic acid groups (broad SMARTS) is 1. The maximum Gasteiger partial charge on any atom is 0.307 e. The normalized spacial score (nSPS) is 11.7. The Morgan fingerprint density at radius 3 is 1.41 bits per heavy atom. The standard InChI is InChI=1S/C32H42O4S/c1-17(2)24-13-22(35-9)14-25(18(3)4)30(24)28-11-21(12-29(33)34)32(37-28)31-26(19(5)6)15-23(36-10)16-27(31)20(7)8/h11,13-20H,12H2,1-10H3,(H,33,34). The Morgan fingerprint density at radius 2 is 1.08 bits per heavy atom. The highest BCUT2D eigenvalue weighted by molar-refractivity contribution is 7.19. The molecule has 0 radical (unpaired) electrons. The molecule has 0 fully saturated rings. The number of hydrogen-bond acceptors (Lipinski definition) is 4. The lowest BCUT2D eigenvalue weighted by Crippen LogP contribution is -2.04. The van der Waals surface area contributed by atoms with E-state index in [9.17, 15) is 9.90 Å². The van der Waals surface area contributed by atoms with Crippen molar-refractivity contribution in [3.8, 4) is 32.4 Å². The van der Waals surface area contributed by atoms with Crippen molar-refractivity contribution in [1.82, 2.24) is 0 Å². The number of methoxy groups -OCH3 is 2. The van der Waals surface area contributed by atoms with E-state index in [1.165, 1.54) is 27.8 Å². The Hall–Kier alpha value is -2.79. The van der Waals surface area contributed by atoms with E-state index in [1.807, 2.05) is 0 Å². The Kier molecular flexibility index (Phi) is 9.12. The Labute approximate surface area is 226 Å². The second-order valence-corrected chi connectivity index (χ2v) is 12.1. The highest BCUT2D eigenvalue weighted by Gasteiger charge is 2.26. The van der Waals surface area contributed by atoms with Gasteiger partial charge in [-0.3, -0.25) is 4.79 Å². The first kappa shape index (κ1) is 28.8. The van der Waals surface area contributed by atoms with Crippen molar-refractivity contribution >= 4 is 17.3 Å². The zero-order chi connectivity index (χ0) is 27.6. The van der Waals surface area contributed by atoms with Crippen LogP contribution in [0.4, 0.5) is 0 Å². The molecule has 3 rings (SSSR count). The zero-order valence-corrected chi connectivity index (χ0v) is 24.8. The van der Waals surface area contributed by atoms with Gasteiger partial charge in [-0.15, -0.1) is 11.3 Å². The summed E-state index contributed by atoms with van der Waals surface area (Å²) < 4.78 is 11.3. The second-order valence-electron chi connectivity index (χ2n) is 11.0. The molecule has 1 N–H and O–H groups in total. The number of ether oxygens (including phenoxy) is 2. The fourth-order valence-corrected chi connectivity index (χ4v) is 6.34. The molecule has 1 aromatic heterocycles. The Bertz CT molecular complexity index is 1210. The average Bonchev–Trinajstić information content (AvgIpc) is 3.23. The van der Waals surface area contributed by atoms with Gasteiger partial charge in [0.15, 0.2) is 0 Å². The summed E-state index contributed by atoms with van der Waals surface area (Å²) in [6, 6.07) is 10.6. The fraction of sp³-hybridized carbons (Fsp3) is 0.469. The summed E-state index contributed by atoms with van der Waals surface area (Å²) in [6.07, 6.45) is -0.0168. The van der Waals surface area contributed by atoms with Crippen LogP contribution < -0.4 is 9.47 Å². The molecule has 37 heavy (non-hydrogen) atoms. The second kappa shape index (κ2) is 11.7. The number of hydrogen-bond donors (Lipinski definition) is 1. The van der Waals surface area contributed by atoms with Gasteiger partial charge in [0.1, 0.15) is 11.5 Å². The number of benzene rings is 2. The first-order valence-corrected chi connectivity index (χ1v) is 14.0. The molecule has 200 valence electrons. The van der Waals surface area contributed by atoms with Crippen molar-refractivity contribution < 1.29 is 19.4 Å². The highest BCUT2D eigenvalue weighted by atomic mass is 32.1. The van der Waals surface area contributed by atoms with Gasteiger partial charge < -0.3 is 14.6 Å². The van der Waals surface area contributed by atoms with Gasteiger partial charge in [0.25, 0.3) is 0 Å². The third kappa shape index (κ3) is 6.04. The van der Waals surface area contributed by atoms with Crippen LogP contribution in [-0.4, -0.2) is 25.3 Å². The van der Waals surface area contributed by atoms with Gasteiger partial charge in [0.2, 0.25) is 0 Å². The third-order valence-corrected chi connectivity index (χ3v) is 8.14. The minimum absolute atomic E-state index is 0.0168. The van der Waals surface area contributed by atoms with Gasteiger partial charge in [-0.25, -0.2) is 0 Å². The largest absolute Gasteiger partial charge is 0.497 e. The van der Waals surface area contributed by atoms with Crippen LogP contribution in [0.2, 0.25) is 0 Å². The lowest BCUT2D eigenvalue weighted by molar-refractivity contribution is -0.136. The van der Waals surface area contributed by atoms with Crippen LogP contribution in [0.3, 0.4) is 0 Å². The summed E-state index contributed by atoms with van der Waals surface area (Å²) in [5.74, 6) is 1.96. The fourth-order valence-electron chi connectivity index (χ4n) is 4.98. The van der Waals surface area contributed by atoms with Gasteiger partial charge in [0.05, 0.1) is 20.6 Å². The molecular formula is C32H42O4S. The van der Waals surface area contributed by atoms with Crippen LogP contribution >= 0.6 is 11.3 Å². The molecule has 0 spiro atoms. The van der Waals surface area contributed by atoms with E-state index in [-0.39, 0.29) is 30.1 Å². The van der Waals surface area contributed by atoms with Gasteiger partial charge in [-0.05, 0) is 92.9 Å². The predicted molar refractivity (Wildman–Crippen MR) is 156 cm³/mol. The Morgan fingerprint density at radius 1 is 0.703 bits per heavy atom. The maximum absolute atomic E-state index is 12.0. The number of carbonyl (C=O) groups is 1. The summed E-state index contributed by atoms with van der Waals surface area (Å²) >= 11 is 1.72. The molecule has 3 aromatic rings. The van der Waals surface area contributed by atoms with Gasteiger partial charge in [-0.1, -0.05) is 55.4 Å². The van der Waals surface area contributed by atoms with E-state index in [1.54, 1.807) is 25.6 Å². The molecule has 0 saturated carbocycles. The smallest absolute Gasteiger partial charge is 0.307 e. The third-order valence-electron chi connectivity index (χ3n) is 6.93. The van der Waals surface area contributed by atoms with Crippen LogP contribution in [0.15, 0.2) is 30.3 Å². The molecule has 0 bridgehead atoms. The molecule has 0 aliphatic rings. The molecule has 4 nitrogen and oxygen atoms in total. The van der Waals surface area contributed by atoms with E-state index in [0.29, 0.717) is 0 Å². The average molecular weight is 523 g/mol. The molecule has 0 unspecified atom stereocenters. The molecule has 2 aromatic carbocycles. The summed E-state index contributed by atoms with van der Waals surface area (Å²) in [4.78, 5) is 14.2. The quantitative estimate of drug-likeness (QED) is 0.288. The van der Waals surface area contributed by atoms with Gasteiger partial charge >= 0.3 is 5.97 Å². The van der Waals surface area contributed by atoms with E-state index >= 15 is 0 Å². The first-order chi connectivity index (χ1) is 17.4. The van der Waals surface area contributed by atoms with Crippen LogP contribution in [0.25, 0.3) is 20.9 Å². The summed E-state index contributed by atoms with van der Waals surface area (Å²) in [5.41, 5.74) is 8.04. The van der Waals surface area contributed by atoms with Crippen LogP contribution in [0.1, 0.15) is 107 Å². The van der Waals surface area contributed by atoms with Crippen molar-refractivity contribution in [2.45, 2.75) is 85.5 Å². The molecule has 0 amide bonds. The lowest BCUT2D eigenvalue weighted by atomic mass is 9.85. The lowest BCUT2D eigenvalue weighted by Gasteiger charge is -2.22. The van der Waals surface area contributed by atoms with Crippen LogP contribution in [0, 0.1) is 0 Å². The minimum Gasteiger partial charge on any atom is -0.497 e. The molecule has 0 saturated heterocycles. The summed E-state index contributed by atoms with van der Waals surface area (Å²) in [5, 5.41) is 9.88. The Balaban J connectivity index is 2.45. The molecule has 5 heteroatoms. The molecule has 1 heterocycles. The number of thiophene rings is 1. The van der Waals surface area contributed by atoms with Crippen LogP contribution in [-0.2, 0) is 11.2 Å². The van der Waals surface area contributed by atoms with E-state index in [2.05, 4.69) is 85.7 Å². The van der Waals surface area contributed by atoms with E-state index < -0.39 is 5.97 Å². The van der Waals surface area contributed by atoms with Gasteiger partial charge in [-0.2, -0.15) is 0 Å².